The van der Waals surface area contributed by atoms with Gasteiger partial charge in [-0.3, -0.25) is 4.79 Å². The summed E-state index contributed by atoms with van der Waals surface area (Å²) in [5.74, 6) is -5.72. The van der Waals surface area contributed by atoms with E-state index in [1.807, 2.05) is 0 Å². The molecule has 2 aliphatic carbocycles. The van der Waals surface area contributed by atoms with Crippen molar-refractivity contribution in [1.82, 2.24) is 5.32 Å². The Hall–Kier alpha value is -2.79. The summed E-state index contributed by atoms with van der Waals surface area (Å²) >= 11 is 6.22. The van der Waals surface area contributed by atoms with Crippen molar-refractivity contribution in [2.45, 2.75) is 41.4 Å². The normalized spacial score (nSPS) is 27.5. The topological polar surface area (TPSA) is 102 Å². The van der Waals surface area contributed by atoms with Gasteiger partial charge in [-0.05, 0) is 43.9 Å². The lowest BCUT2D eigenvalue weighted by Gasteiger charge is -2.41. The first-order chi connectivity index (χ1) is 16.5. The fourth-order valence-electron chi connectivity index (χ4n) is 5.63. The van der Waals surface area contributed by atoms with E-state index in [-0.39, 0.29) is 45.8 Å². The van der Waals surface area contributed by atoms with Gasteiger partial charge in [0.05, 0.1) is 21.7 Å². The highest BCUT2D eigenvalue weighted by molar-refractivity contribution is 7.92. The summed E-state index contributed by atoms with van der Waals surface area (Å²) in [6.45, 7) is 0.356. The molecule has 2 N–H and O–H groups in total. The number of nitrogens with one attached hydrogen (secondary N) is 2. The molecule has 2 amide bonds. The van der Waals surface area contributed by atoms with Gasteiger partial charge in [0, 0.05) is 35.2 Å². The van der Waals surface area contributed by atoms with Crippen LogP contribution in [0.25, 0.3) is 0 Å². The van der Waals surface area contributed by atoms with Crippen molar-refractivity contribution in [3.05, 3.63) is 58.4 Å². The number of carbonyl (C=O) groups is 2. The molecule has 3 fully saturated rings. The predicted octanol–water partition coefficient (Wildman–Crippen LogP) is 4.45. The molecular weight excluding hydrogens is 509 g/mol. The fraction of sp³-hybridized carbons (Fsp3) is 0.391. The van der Waals surface area contributed by atoms with Crippen LogP contribution in [0.4, 0.5) is 23.7 Å². The van der Waals surface area contributed by atoms with Crippen molar-refractivity contribution in [2.24, 2.45) is 11.8 Å². The molecule has 1 saturated heterocycles. The Morgan fingerprint density at radius 3 is 2.29 bits per heavy atom. The molecule has 2 aromatic carbocycles. The second kappa shape index (κ2) is 8.41. The summed E-state index contributed by atoms with van der Waals surface area (Å²) in [4.78, 5) is 24.1. The molecular formula is C23H20ClF3N2O5S. The molecule has 2 aromatic rings. The summed E-state index contributed by atoms with van der Waals surface area (Å²) in [6, 6.07) is 4.88. The van der Waals surface area contributed by atoms with Crippen molar-refractivity contribution >= 4 is 39.1 Å². The van der Waals surface area contributed by atoms with Gasteiger partial charge in [0.2, 0.25) is 0 Å². The minimum absolute atomic E-state index is 0.0676. The Labute approximate surface area is 203 Å². The first-order valence-corrected chi connectivity index (χ1v) is 12.9. The molecule has 1 spiro atoms. The number of alkyl carbamates (subject to hydrolysis) is 1. The number of benzene rings is 2. The van der Waals surface area contributed by atoms with Crippen molar-refractivity contribution in [1.29, 1.82) is 0 Å². The Morgan fingerprint density at radius 2 is 1.71 bits per heavy atom. The van der Waals surface area contributed by atoms with E-state index in [1.54, 1.807) is 0 Å². The summed E-state index contributed by atoms with van der Waals surface area (Å²) < 4.78 is 72.9. The lowest BCUT2D eigenvalue weighted by molar-refractivity contribution is -0.0314. The number of hydrogen-bond donors (Lipinski definition) is 2. The van der Waals surface area contributed by atoms with E-state index < -0.39 is 50.1 Å². The molecule has 35 heavy (non-hydrogen) atoms. The number of hydrogen-bond acceptors (Lipinski definition) is 5. The Kier molecular flexibility index (Phi) is 5.75. The van der Waals surface area contributed by atoms with Crippen LogP contribution in [0.2, 0.25) is 5.02 Å². The lowest BCUT2D eigenvalue weighted by atomic mass is 9.74. The van der Waals surface area contributed by atoms with E-state index in [9.17, 15) is 31.2 Å². The van der Waals surface area contributed by atoms with Gasteiger partial charge in [-0.15, -0.1) is 0 Å². The Bertz CT molecular complexity index is 1320. The molecule has 1 heterocycles. The minimum atomic E-state index is -3.97. The molecule has 0 aromatic heterocycles. The lowest BCUT2D eigenvalue weighted by Crippen LogP contribution is -2.50. The maximum atomic E-state index is 13.6. The first-order valence-electron chi connectivity index (χ1n) is 11.0. The van der Waals surface area contributed by atoms with E-state index >= 15 is 0 Å². The summed E-state index contributed by atoms with van der Waals surface area (Å²) in [5.41, 5.74) is -1.13. The molecule has 7 nitrogen and oxygen atoms in total. The van der Waals surface area contributed by atoms with Crippen LogP contribution < -0.4 is 10.6 Å². The van der Waals surface area contributed by atoms with Crippen LogP contribution in [-0.2, 0) is 14.6 Å². The van der Waals surface area contributed by atoms with Crippen molar-refractivity contribution < 1.29 is 35.9 Å². The fourth-order valence-corrected chi connectivity index (χ4v) is 8.03. The zero-order valence-electron chi connectivity index (χ0n) is 18.1. The number of ether oxygens (including phenoxy) is 1. The number of rotatable bonds is 4. The van der Waals surface area contributed by atoms with Gasteiger partial charge in [-0.25, -0.2) is 26.4 Å². The monoisotopic (exact) mass is 528 g/mol. The quantitative estimate of drug-likeness (QED) is 0.571. The minimum Gasteiger partial charge on any atom is -0.440 e. The molecule has 12 heteroatoms. The third-order valence-electron chi connectivity index (χ3n) is 7.31. The van der Waals surface area contributed by atoms with Crippen LogP contribution in [0.15, 0.2) is 35.2 Å². The number of carbonyl (C=O) groups excluding carboxylic acids is 2. The van der Waals surface area contributed by atoms with Gasteiger partial charge >= 0.3 is 6.09 Å². The third-order valence-corrected chi connectivity index (χ3v) is 9.97. The predicted molar refractivity (Wildman–Crippen MR) is 119 cm³/mol. The van der Waals surface area contributed by atoms with Crippen LogP contribution in [-0.4, -0.2) is 37.8 Å². The molecule has 0 radical (unpaired) electrons. The maximum absolute atomic E-state index is 13.6. The van der Waals surface area contributed by atoms with Gasteiger partial charge < -0.3 is 15.4 Å². The summed E-state index contributed by atoms with van der Waals surface area (Å²) in [7, 11) is -3.97. The van der Waals surface area contributed by atoms with Gasteiger partial charge in [0.25, 0.3) is 5.91 Å². The Balaban J connectivity index is 1.40. The van der Waals surface area contributed by atoms with E-state index in [2.05, 4.69) is 10.6 Å². The van der Waals surface area contributed by atoms with Crippen molar-refractivity contribution in [3.8, 4) is 0 Å². The molecule has 1 aliphatic heterocycles. The number of sulfone groups is 1. The molecule has 186 valence electrons. The molecule has 5 rings (SSSR count). The van der Waals surface area contributed by atoms with Gasteiger partial charge in [0.1, 0.15) is 5.60 Å². The van der Waals surface area contributed by atoms with Crippen LogP contribution in [0.3, 0.4) is 0 Å². The standard InChI is InChI=1S/C23H20ClF3N2O5S/c24-16-4-1-11(21(30)29-14-8-17(25)20(27)18(26)9-14)5-19(16)35(32,33)15-6-12-2-3-13(7-15)23(12)10-28-22(31)34-23/h1,4-5,8-9,12-13,15H,2-3,6-7,10H2,(H,28,31)(H,29,30)/t12-,13?,15?,23?/m0/s1. The highest BCUT2D eigenvalue weighted by atomic mass is 35.5. The third kappa shape index (κ3) is 3.94. The Morgan fingerprint density at radius 1 is 1.09 bits per heavy atom. The largest absolute Gasteiger partial charge is 0.440 e. The molecule has 3 aliphatic rings. The first kappa shape index (κ1) is 23.9. The molecule has 3 unspecified atom stereocenters. The zero-order valence-corrected chi connectivity index (χ0v) is 19.7. The summed E-state index contributed by atoms with van der Waals surface area (Å²) in [5, 5.41) is 4.06. The van der Waals surface area contributed by atoms with Crippen LogP contribution >= 0.6 is 11.6 Å². The van der Waals surface area contributed by atoms with Gasteiger partial charge in [-0.1, -0.05) is 11.6 Å². The van der Waals surface area contributed by atoms with Crippen LogP contribution in [0.5, 0.6) is 0 Å². The highest BCUT2D eigenvalue weighted by Gasteiger charge is 2.61. The smallest absolute Gasteiger partial charge is 0.407 e. The average Bonchev–Trinajstić information content (AvgIpc) is 3.23. The molecule has 2 bridgehead atoms. The zero-order chi connectivity index (χ0) is 25.1. The SMILES string of the molecule is O=C1NCC2(O1)C1CC[C@H]2CC(S(=O)(=O)c2cc(C(=O)Nc3cc(F)c(F)c(F)c3)ccc2Cl)C1. The second-order valence-electron chi connectivity index (χ2n) is 9.16. The average molecular weight is 529 g/mol. The number of amides is 2. The van der Waals surface area contributed by atoms with E-state index in [0.717, 1.165) is 18.9 Å². The maximum Gasteiger partial charge on any atom is 0.407 e. The number of halogens is 4. The summed E-state index contributed by atoms with van der Waals surface area (Å²) in [6.07, 6.45) is 1.56. The van der Waals surface area contributed by atoms with E-state index in [1.165, 1.54) is 12.1 Å². The highest BCUT2D eigenvalue weighted by Crippen LogP contribution is 2.54. The van der Waals surface area contributed by atoms with Crippen molar-refractivity contribution in [2.75, 3.05) is 11.9 Å². The molecule has 4 atom stereocenters. The van der Waals surface area contributed by atoms with Gasteiger partial charge in [-0.2, -0.15) is 0 Å². The van der Waals surface area contributed by atoms with E-state index in [4.69, 9.17) is 16.3 Å². The van der Waals surface area contributed by atoms with Crippen LogP contribution in [0.1, 0.15) is 36.0 Å². The van der Waals surface area contributed by atoms with Crippen LogP contribution in [0, 0.1) is 29.3 Å². The van der Waals surface area contributed by atoms with E-state index in [0.29, 0.717) is 18.7 Å². The number of anilines is 1. The van der Waals surface area contributed by atoms with Crippen molar-refractivity contribution in [3.63, 3.8) is 0 Å². The van der Waals surface area contributed by atoms with Gasteiger partial charge in [0.15, 0.2) is 27.3 Å². The second-order valence-corrected chi connectivity index (χ2v) is 11.8. The molecule has 2 saturated carbocycles.